The molecular formula is C8H16O4. The molecule has 0 bridgehead atoms. The third kappa shape index (κ3) is 3.06. The van der Waals surface area contributed by atoms with Crippen molar-refractivity contribution < 1.29 is 19.7 Å². The van der Waals surface area contributed by atoms with Gasteiger partial charge in [0.1, 0.15) is 13.6 Å². The molecule has 0 heterocycles. The average molecular weight is 176 g/mol. The fraction of sp³-hybridized carbons (Fsp3) is 1.00. The number of hydrogen-bond acceptors (Lipinski definition) is 4. The summed E-state index contributed by atoms with van der Waals surface area (Å²) in [5, 5.41) is 17.0. The maximum Gasteiger partial charge on any atom is 0.143 e. The van der Waals surface area contributed by atoms with Crippen molar-refractivity contribution in [2.24, 2.45) is 0 Å². The molecule has 1 rings (SSSR count). The normalized spacial score (nSPS) is 30.5. The van der Waals surface area contributed by atoms with Gasteiger partial charge in [-0.1, -0.05) is 0 Å². The first-order chi connectivity index (χ1) is 5.86. The van der Waals surface area contributed by atoms with E-state index in [1.165, 1.54) is 0 Å². The maximum atomic E-state index is 8.49. The van der Waals surface area contributed by atoms with Gasteiger partial charge in [-0.25, -0.2) is 0 Å². The Kier molecular flexibility index (Phi) is 4.53. The molecule has 0 aromatic rings. The van der Waals surface area contributed by atoms with Crippen LogP contribution in [0.15, 0.2) is 0 Å². The summed E-state index contributed by atoms with van der Waals surface area (Å²) >= 11 is 0. The van der Waals surface area contributed by atoms with Gasteiger partial charge in [0.15, 0.2) is 0 Å². The van der Waals surface area contributed by atoms with Crippen LogP contribution in [0.4, 0.5) is 0 Å². The van der Waals surface area contributed by atoms with Gasteiger partial charge >= 0.3 is 0 Å². The van der Waals surface area contributed by atoms with Crippen LogP contribution in [-0.2, 0) is 9.47 Å². The lowest BCUT2D eigenvalue weighted by Crippen LogP contribution is -2.26. The molecule has 0 aliphatic heterocycles. The zero-order valence-electron chi connectivity index (χ0n) is 7.11. The third-order valence-electron chi connectivity index (χ3n) is 2.24. The molecule has 0 atom stereocenters. The predicted molar refractivity (Wildman–Crippen MR) is 42.4 cm³/mol. The molecule has 12 heavy (non-hydrogen) atoms. The molecular weight excluding hydrogens is 160 g/mol. The van der Waals surface area contributed by atoms with Crippen LogP contribution in [0.2, 0.25) is 0 Å². The Bertz CT molecular complexity index is 95.6. The molecule has 0 aromatic carbocycles. The zero-order chi connectivity index (χ0) is 8.81. The van der Waals surface area contributed by atoms with Crippen LogP contribution < -0.4 is 0 Å². The van der Waals surface area contributed by atoms with Gasteiger partial charge in [-0.15, -0.1) is 0 Å². The molecule has 0 saturated heterocycles. The van der Waals surface area contributed by atoms with Gasteiger partial charge in [0.2, 0.25) is 0 Å². The van der Waals surface area contributed by atoms with Crippen LogP contribution in [0.25, 0.3) is 0 Å². The molecule has 2 N–H and O–H groups in total. The number of rotatable bonds is 4. The highest BCUT2D eigenvalue weighted by atomic mass is 16.6. The number of hydrogen-bond donors (Lipinski definition) is 2. The van der Waals surface area contributed by atoms with Gasteiger partial charge in [-0.2, -0.15) is 0 Å². The Balaban J connectivity index is 2.11. The summed E-state index contributed by atoms with van der Waals surface area (Å²) in [4.78, 5) is 0. The second kappa shape index (κ2) is 5.48. The second-order valence-electron chi connectivity index (χ2n) is 2.99. The molecule has 1 saturated carbocycles. The summed E-state index contributed by atoms with van der Waals surface area (Å²) in [6.07, 6.45) is 3.98. The third-order valence-corrected chi connectivity index (χ3v) is 2.24. The van der Waals surface area contributed by atoms with Crippen molar-refractivity contribution >= 4 is 0 Å². The van der Waals surface area contributed by atoms with E-state index in [0.29, 0.717) is 0 Å². The highest BCUT2D eigenvalue weighted by molar-refractivity contribution is 4.72. The lowest BCUT2D eigenvalue weighted by molar-refractivity contribution is -0.104. The van der Waals surface area contributed by atoms with E-state index in [-0.39, 0.29) is 25.8 Å². The molecule has 0 amide bonds. The van der Waals surface area contributed by atoms with Crippen LogP contribution in [0.3, 0.4) is 0 Å². The van der Waals surface area contributed by atoms with Gasteiger partial charge in [-0.3, -0.25) is 0 Å². The van der Waals surface area contributed by atoms with E-state index < -0.39 is 0 Å². The van der Waals surface area contributed by atoms with Crippen LogP contribution in [0.5, 0.6) is 0 Å². The summed E-state index contributed by atoms with van der Waals surface area (Å²) in [6, 6.07) is 0. The van der Waals surface area contributed by atoms with Crippen molar-refractivity contribution in [1.82, 2.24) is 0 Å². The maximum absolute atomic E-state index is 8.49. The number of aliphatic hydroxyl groups excluding tert-OH is 2. The van der Waals surface area contributed by atoms with Crippen molar-refractivity contribution in [3.05, 3.63) is 0 Å². The molecule has 1 fully saturated rings. The molecule has 0 aromatic heterocycles. The first-order valence-corrected chi connectivity index (χ1v) is 4.31. The smallest absolute Gasteiger partial charge is 0.143 e. The van der Waals surface area contributed by atoms with Gasteiger partial charge in [-0.05, 0) is 25.7 Å². The van der Waals surface area contributed by atoms with E-state index in [4.69, 9.17) is 19.7 Å². The summed E-state index contributed by atoms with van der Waals surface area (Å²) < 4.78 is 10.1. The van der Waals surface area contributed by atoms with E-state index in [2.05, 4.69) is 0 Å². The Morgan fingerprint density at radius 1 is 0.833 bits per heavy atom. The minimum absolute atomic E-state index is 0.175. The summed E-state index contributed by atoms with van der Waals surface area (Å²) in [6.45, 7) is -0.396. The lowest BCUT2D eigenvalue weighted by atomic mass is 9.95. The molecule has 1 aliphatic rings. The van der Waals surface area contributed by atoms with Gasteiger partial charge < -0.3 is 19.7 Å². The van der Waals surface area contributed by atoms with E-state index in [9.17, 15) is 0 Å². The Morgan fingerprint density at radius 2 is 1.17 bits per heavy atom. The highest BCUT2D eigenvalue weighted by Crippen LogP contribution is 2.22. The molecule has 1 aliphatic carbocycles. The first-order valence-electron chi connectivity index (χ1n) is 4.31. The largest absolute Gasteiger partial charge is 0.371 e. The van der Waals surface area contributed by atoms with Crippen LogP contribution >= 0.6 is 0 Å². The quantitative estimate of drug-likeness (QED) is 0.602. The van der Waals surface area contributed by atoms with Crippen molar-refractivity contribution in [2.45, 2.75) is 37.9 Å². The minimum atomic E-state index is -0.198. The summed E-state index contributed by atoms with van der Waals surface area (Å²) in [5.74, 6) is 0. The van der Waals surface area contributed by atoms with Gasteiger partial charge in [0.05, 0.1) is 12.2 Å². The number of ether oxygens (including phenoxy) is 2. The molecule has 4 nitrogen and oxygen atoms in total. The minimum Gasteiger partial charge on any atom is -0.371 e. The Labute approximate surface area is 72.1 Å². The van der Waals surface area contributed by atoms with Crippen LogP contribution in [-0.4, -0.2) is 36.0 Å². The Hall–Kier alpha value is -0.160. The average Bonchev–Trinajstić information content (AvgIpc) is 2.09. The first kappa shape index (κ1) is 9.92. The van der Waals surface area contributed by atoms with Crippen molar-refractivity contribution in [1.29, 1.82) is 0 Å². The molecule has 0 spiro atoms. The lowest BCUT2D eigenvalue weighted by Gasteiger charge is -2.27. The van der Waals surface area contributed by atoms with E-state index in [0.717, 1.165) is 25.7 Å². The summed E-state index contributed by atoms with van der Waals surface area (Å²) in [7, 11) is 0. The molecule has 4 heteroatoms. The van der Waals surface area contributed by atoms with Crippen molar-refractivity contribution in [3.8, 4) is 0 Å². The van der Waals surface area contributed by atoms with E-state index in [1.54, 1.807) is 0 Å². The molecule has 0 radical (unpaired) electrons. The monoisotopic (exact) mass is 176 g/mol. The SMILES string of the molecule is OCOC1CCC(OCO)CC1. The topological polar surface area (TPSA) is 58.9 Å². The molecule has 72 valence electrons. The highest BCUT2D eigenvalue weighted by Gasteiger charge is 2.21. The van der Waals surface area contributed by atoms with Crippen molar-refractivity contribution in [2.75, 3.05) is 13.6 Å². The Morgan fingerprint density at radius 3 is 1.42 bits per heavy atom. The standard InChI is InChI=1S/C8H16O4/c9-5-11-7-1-2-8(4-3-7)12-6-10/h7-10H,1-6H2. The zero-order valence-corrected chi connectivity index (χ0v) is 7.11. The van der Waals surface area contributed by atoms with Crippen LogP contribution in [0.1, 0.15) is 25.7 Å². The number of aliphatic hydroxyl groups is 2. The molecule has 0 unspecified atom stereocenters. The fourth-order valence-corrected chi connectivity index (χ4v) is 1.58. The summed E-state index contributed by atoms with van der Waals surface area (Å²) in [5.41, 5.74) is 0. The van der Waals surface area contributed by atoms with E-state index >= 15 is 0 Å². The fourth-order valence-electron chi connectivity index (χ4n) is 1.58. The van der Waals surface area contributed by atoms with Crippen molar-refractivity contribution in [3.63, 3.8) is 0 Å². The predicted octanol–water partition coefficient (Wildman–Crippen LogP) is 0.230. The van der Waals surface area contributed by atoms with Gasteiger partial charge in [0.25, 0.3) is 0 Å². The second-order valence-corrected chi connectivity index (χ2v) is 2.99. The van der Waals surface area contributed by atoms with Crippen LogP contribution in [0, 0.1) is 0 Å². The van der Waals surface area contributed by atoms with E-state index in [1.807, 2.05) is 0 Å². The van der Waals surface area contributed by atoms with Gasteiger partial charge in [0, 0.05) is 0 Å².